The lowest BCUT2D eigenvalue weighted by molar-refractivity contribution is 0.0550. The van der Waals surface area contributed by atoms with Gasteiger partial charge in [-0.1, -0.05) is 30.3 Å². The fourth-order valence-corrected chi connectivity index (χ4v) is 4.03. The zero-order valence-electron chi connectivity index (χ0n) is 13.1. The summed E-state index contributed by atoms with van der Waals surface area (Å²) in [6.07, 6.45) is 4.48. The molecule has 2 aliphatic heterocycles. The summed E-state index contributed by atoms with van der Waals surface area (Å²) in [5.41, 5.74) is 7.06. The van der Waals surface area contributed by atoms with Gasteiger partial charge in [-0.15, -0.1) is 0 Å². The van der Waals surface area contributed by atoms with Gasteiger partial charge in [0, 0.05) is 25.1 Å². The number of likely N-dealkylation sites (tertiary alicyclic amines) is 1. The van der Waals surface area contributed by atoms with Crippen molar-refractivity contribution in [1.29, 1.82) is 0 Å². The van der Waals surface area contributed by atoms with Gasteiger partial charge in [0.2, 0.25) is 0 Å². The summed E-state index contributed by atoms with van der Waals surface area (Å²) >= 11 is 0. The average Bonchev–Trinajstić information content (AvgIpc) is 2.95. The lowest BCUT2D eigenvalue weighted by Gasteiger charge is -2.36. The van der Waals surface area contributed by atoms with Crippen molar-refractivity contribution in [2.24, 2.45) is 5.73 Å². The molecule has 0 saturated carbocycles. The highest BCUT2D eigenvalue weighted by atomic mass is 16.5. The van der Waals surface area contributed by atoms with E-state index in [1.807, 2.05) is 0 Å². The van der Waals surface area contributed by atoms with E-state index >= 15 is 0 Å². The van der Waals surface area contributed by atoms with Crippen LogP contribution in [0, 0.1) is 0 Å². The smallest absolute Gasteiger partial charge is 0.124 e. The number of fused-ring (bicyclic) bond motifs is 3. The van der Waals surface area contributed by atoms with Gasteiger partial charge < -0.3 is 10.5 Å². The van der Waals surface area contributed by atoms with E-state index in [-0.39, 0.29) is 5.60 Å². The Hall–Kier alpha value is -1.58. The summed E-state index contributed by atoms with van der Waals surface area (Å²) in [7, 11) is 0. The first kappa shape index (κ1) is 14.0. The van der Waals surface area contributed by atoms with E-state index in [2.05, 4.69) is 41.3 Å². The summed E-state index contributed by atoms with van der Waals surface area (Å²) in [6, 6.07) is 13.0. The molecule has 1 atom stereocenters. The predicted octanol–water partition coefficient (Wildman–Crippen LogP) is 2.96. The quantitative estimate of drug-likeness (QED) is 0.946. The van der Waals surface area contributed by atoms with Crippen molar-refractivity contribution >= 4 is 10.8 Å². The molecule has 4 rings (SSSR count). The first-order chi connectivity index (χ1) is 10.8. The lowest BCUT2D eigenvalue weighted by Crippen LogP contribution is -2.42. The van der Waals surface area contributed by atoms with Crippen molar-refractivity contribution in [3.8, 4) is 5.75 Å². The van der Waals surface area contributed by atoms with Crippen molar-refractivity contribution < 1.29 is 4.74 Å². The zero-order valence-corrected chi connectivity index (χ0v) is 13.1. The Labute approximate surface area is 132 Å². The molecule has 0 aliphatic carbocycles. The minimum absolute atomic E-state index is 0.0318. The lowest BCUT2D eigenvalue weighted by atomic mass is 9.88. The Balaban J connectivity index is 1.59. The summed E-state index contributed by atoms with van der Waals surface area (Å²) < 4.78 is 6.53. The zero-order chi connectivity index (χ0) is 15.0. The summed E-state index contributed by atoms with van der Waals surface area (Å²) in [5, 5.41) is 2.67. The average molecular weight is 296 g/mol. The molecule has 0 aromatic heterocycles. The molecule has 2 aromatic rings. The van der Waals surface area contributed by atoms with E-state index < -0.39 is 0 Å². The molecule has 2 aromatic carbocycles. The van der Waals surface area contributed by atoms with E-state index in [1.165, 1.54) is 16.3 Å². The van der Waals surface area contributed by atoms with Crippen LogP contribution < -0.4 is 10.5 Å². The predicted molar refractivity (Wildman–Crippen MR) is 90.4 cm³/mol. The van der Waals surface area contributed by atoms with E-state index in [0.717, 1.165) is 57.6 Å². The van der Waals surface area contributed by atoms with E-state index in [4.69, 9.17) is 10.5 Å². The number of hydrogen-bond acceptors (Lipinski definition) is 3. The maximum atomic E-state index is 6.53. The van der Waals surface area contributed by atoms with Gasteiger partial charge in [0.05, 0.1) is 0 Å². The molecule has 0 bridgehead atoms. The van der Waals surface area contributed by atoms with Crippen molar-refractivity contribution in [2.75, 3.05) is 26.2 Å². The van der Waals surface area contributed by atoms with Crippen LogP contribution in [-0.2, 0) is 6.42 Å². The Kier molecular flexibility index (Phi) is 3.55. The fourth-order valence-electron chi connectivity index (χ4n) is 4.03. The van der Waals surface area contributed by atoms with Crippen LogP contribution in [-0.4, -0.2) is 36.7 Å². The van der Waals surface area contributed by atoms with Gasteiger partial charge in [-0.05, 0) is 49.2 Å². The molecule has 3 nitrogen and oxygen atoms in total. The van der Waals surface area contributed by atoms with Gasteiger partial charge in [-0.2, -0.15) is 0 Å². The van der Waals surface area contributed by atoms with E-state index in [1.54, 1.807) is 0 Å². The number of ether oxygens (including phenoxy) is 1. The minimum Gasteiger partial charge on any atom is -0.486 e. The van der Waals surface area contributed by atoms with Crippen molar-refractivity contribution in [3.05, 3.63) is 42.0 Å². The largest absolute Gasteiger partial charge is 0.486 e. The van der Waals surface area contributed by atoms with Crippen LogP contribution in [0.3, 0.4) is 0 Å². The summed E-state index contributed by atoms with van der Waals surface area (Å²) in [4.78, 5) is 2.51. The van der Waals surface area contributed by atoms with Gasteiger partial charge >= 0.3 is 0 Å². The Morgan fingerprint density at radius 1 is 1.14 bits per heavy atom. The topological polar surface area (TPSA) is 38.5 Å². The fraction of sp³-hybridized carbons (Fsp3) is 0.474. The third kappa shape index (κ3) is 2.38. The van der Waals surface area contributed by atoms with Gasteiger partial charge in [-0.3, -0.25) is 4.90 Å². The van der Waals surface area contributed by atoms with Crippen molar-refractivity contribution in [1.82, 2.24) is 4.90 Å². The monoisotopic (exact) mass is 296 g/mol. The minimum atomic E-state index is 0.0318. The highest BCUT2D eigenvalue weighted by molar-refractivity contribution is 5.88. The molecule has 116 valence electrons. The third-order valence-electron chi connectivity index (χ3n) is 5.23. The molecule has 0 amide bonds. The van der Waals surface area contributed by atoms with Gasteiger partial charge in [0.1, 0.15) is 11.4 Å². The number of aryl methyl sites for hydroxylation is 1. The first-order valence-corrected chi connectivity index (χ1v) is 8.42. The number of nitrogens with two attached hydrogens (primary N) is 1. The molecule has 22 heavy (non-hydrogen) atoms. The van der Waals surface area contributed by atoms with Crippen LogP contribution in [0.2, 0.25) is 0 Å². The summed E-state index contributed by atoms with van der Waals surface area (Å²) in [6.45, 7) is 4.08. The van der Waals surface area contributed by atoms with E-state index in [0.29, 0.717) is 0 Å². The molecular weight excluding hydrogens is 272 g/mol. The molecule has 2 N–H and O–H groups in total. The molecule has 1 unspecified atom stereocenters. The summed E-state index contributed by atoms with van der Waals surface area (Å²) in [5.74, 6) is 1.10. The van der Waals surface area contributed by atoms with Crippen LogP contribution >= 0.6 is 0 Å². The maximum absolute atomic E-state index is 6.53. The second-order valence-corrected chi connectivity index (χ2v) is 6.72. The molecule has 1 fully saturated rings. The molecule has 0 radical (unpaired) electrons. The van der Waals surface area contributed by atoms with Crippen LogP contribution in [0.5, 0.6) is 5.75 Å². The number of benzene rings is 2. The van der Waals surface area contributed by atoms with Gasteiger partial charge in [-0.25, -0.2) is 0 Å². The molecule has 1 saturated heterocycles. The highest BCUT2D eigenvalue weighted by Gasteiger charge is 2.42. The molecular formula is C19H24N2O. The van der Waals surface area contributed by atoms with Crippen LogP contribution in [0.15, 0.2) is 36.4 Å². The first-order valence-electron chi connectivity index (χ1n) is 8.42. The second-order valence-electron chi connectivity index (χ2n) is 6.72. The van der Waals surface area contributed by atoms with Crippen molar-refractivity contribution in [3.63, 3.8) is 0 Å². The Bertz CT molecular complexity index is 684. The molecule has 2 aliphatic rings. The SMILES string of the molecule is NCCCN1CCC2(CCc3c(ccc4ccccc34)O2)C1. The second kappa shape index (κ2) is 5.56. The molecule has 1 spiro atoms. The highest BCUT2D eigenvalue weighted by Crippen LogP contribution is 2.41. The Morgan fingerprint density at radius 2 is 2.05 bits per heavy atom. The number of nitrogens with zero attached hydrogens (tertiary/aromatic N) is 1. The van der Waals surface area contributed by atoms with Crippen molar-refractivity contribution in [2.45, 2.75) is 31.3 Å². The molecule has 3 heteroatoms. The maximum Gasteiger partial charge on any atom is 0.124 e. The normalized spacial score (nSPS) is 24.6. The Morgan fingerprint density at radius 3 is 2.95 bits per heavy atom. The van der Waals surface area contributed by atoms with Gasteiger partial charge in [0.15, 0.2) is 0 Å². The third-order valence-corrected chi connectivity index (χ3v) is 5.23. The number of hydrogen-bond donors (Lipinski definition) is 1. The van der Waals surface area contributed by atoms with E-state index in [9.17, 15) is 0 Å². The standard InChI is InChI=1S/C19H24N2O/c20-11-3-12-21-13-10-19(14-21)9-8-17-16-5-2-1-4-15(16)6-7-18(17)22-19/h1-2,4-7H,3,8-14,20H2. The van der Waals surface area contributed by atoms with Crippen LogP contribution in [0.4, 0.5) is 0 Å². The molecule has 2 heterocycles. The van der Waals surface area contributed by atoms with Crippen LogP contribution in [0.1, 0.15) is 24.8 Å². The van der Waals surface area contributed by atoms with Crippen LogP contribution in [0.25, 0.3) is 10.8 Å². The number of rotatable bonds is 3. The van der Waals surface area contributed by atoms with Gasteiger partial charge in [0.25, 0.3) is 0 Å².